The molecular formula is C23H32N4O4. The standard InChI is InChI=1S/C23H32N4O4/c1-5-19(28)27-13-11-26(12-14-27)15-18-20(22(29)31-6-2)21(24-23(30)25(18)4)17-9-7-16(3)8-10-17/h7-10,21H,5-6,11-15H2,1-4H3,(H,24,30). The largest absolute Gasteiger partial charge is 0.463 e. The number of nitrogens with zero attached hydrogens (tertiary/aromatic N) is 3. The van der Waals surface area contributed by atoms with E-state index in [-0.39, 0.29) is 18.5 Å². The van der Waals surface area contributed by atoms with Crippen molar-refractivity contribution >= 4 is 17.9 Å². The van der Waals surface area contributed by atoms with Gasteiger partial charge in [-0.05, 0) is 19.4 Å². The molecule has 1 atom stereocenters. The molecule has 0 radical (unpaired) electrons. The van der Waals surface area contributed by atoms with Crippen LogP contribution in [0.25, 0.3) is 0 Å². The van der Waals surface area contributed by atoms with Crippen LogP contribution in [0.5, 0.6) is 0 Å². The maximum atomic E-state index is 13.0. The van der Waals surface area contributed by atoms with Crippen molar-refractivity contribution < 1.29 is 19.1 Å². The Hall–Kier alpha value is -2.87. The maximum Gasteiger partial charge on any atom is 0.338 e. The topological polar surface area (TPSA) is 82.2 Å². The third kappa shape index (κ3) is 5.07. The van der Waals surface area contributed by atoms with Crippen LogP contribution < -0.4 is 5.32 Å². The highest BCUT2D eigenvalue weighted by atomic mass is 16.5. The van der Waals surface area contributed by atoms with Crippen molar-refractivity contribution in [3.63, 3.8) is 0 Å². The summed E-state index contributed by atoms with van der Waals surface area (Å²) in [5.41, 5.74) is 3.04. The van der Waals surface area contributed by atoms with Gasteiger partial charge < -0.3 is 15.0 Å². The number of amides is 3. The van der Waals surface area contributed by atoms with Gasteiger partial charge in [-0.3, -0.25) is 14.6 Å². The number of carbonyl (C=O) groups excluding carboxylic acids is 3. The van der Waals surface area contributed by atoms with E-state index in [1.54, 1.807) is 14.0 Å². The lowest BCUT2D eigenvalue weighted by molar-refractivity contribution is -0.139. The van der Waals surface area contributed by atoms with Crippen molar-refractivity contribution in [3.8, 4) is 0 Å². The molecule has 3 rings (SSSR count). The Balaban J connectivity index is 1.92. The molecule has 31 heavy (non-hydrogen) atoms. The van der Waals surface area contributed by atoms with Crippen molar-refractivity contribution in [1.82, 2.24) is 20.0 Å². The number of nitrogens with one attached hydrogen (secondary N) is 1. The lowest BCUT2D eigenvalue weighted by Crippen LogP contribution is -2.53. The number of carbonyl (C=O) groups is 3. The van der Waals surface area contributed by atoms with E-state index >= 15 is 0 Å². The molecule has 168 valence electrons. The summed E-state index contributed by atoms with van der Waals surface area (Å²) in [5, 5.41) is 2.94. The van der Waals surface area contributed by atoms with Gasteiger partial charge >= 0.3 is 12.0 Å². The van der Waals surface area contributed by atoms with Gasteiger partial charge in [-0.15, -0.1) is 0 Å². The van der Waals surface area contributed by atoms with Crippen LogP contribution in [0.1, 0.15) is 37.4 Å². The second-order valence-corrected chi connectivity index (χ2v) is 7.94. The van der Waals surface area contributed by atoms with Gasteiger partial charge in [0.25, 0.3) is 0 Å². The van der Waals surface area contributed by atoms with Gasteiger partial charge in [0.1, 0.15) is 0 Å². The van der Waals surface area contributed by atoms with E-state index < -0.39 is 12.0 Å². The van der Waals surface area contributed by atoms with E-state index in [1.165, 1.54) is 4.90 Å². The first kappa shape index (κ1) is 22.8. The molecule has 1 N–H and O–H groups in total. The van der Waals surface area contributed by atoms with Crippen molar-refractivity contribution in [1.29, 1.82) is 0 Å². The minimum absolute atomic E-state index is 0.152. The van der Waals surface area contributed by atoms with Crippen LogP contribution in [0.2, 0.25) is 0 Å². The summed E-state index contributed by atoms with van der Waals surface area (Å²) in [6.07, 6.45) is 0.499. The molecule has 8 heteroatoms. The second kappa shape index (κ2) is 9.96. The molecule has 2 aliphatic heterocycles. The van der Waals surface area contributed by atoms with Crippen molar-refractivity contribution in [2.45, 2.75) is 33.2 Å². The Morgan fingerprint density at radius 2 is 1.74 bits per heavy atom. The summed E-state index contributed by atoms with van der Waals surface area (Å²) in [6.45, 7) is 9.00. The minimum atomic E-state index is -0.568. The highest BCUT2D eigenvalue weighted by Gasteiger charge is 2.37. The summed E-state index contributed by atoms with van der Waals surface area (Å²) in [4.78, 5) is 43.3. The normalized spacial score (nSPS) is 20.0. The van der Waals surface area contributed by atoms with Gasteiger partial charge in [-0.1, -0.05) is 36.8 Å². The predicted molar refractivity (Wildman–Crippen MR) is 117 cm³/mol. The molecule has 1 aromatic carbocycles. The number of hydrogen-bond acceptors (Lipinski definition) is 5. The third-order valence-corrected chi connectivity index (χ3v) is 5.88. The Kier molecular flexibility index (Phi) is 7.33. The summed E-state index contributed by atoms with van der Waals surface area (Å²) in [7, 11) is 1.67. The monoisotopic (exact) mass is 428 g/mol. The number of likely N-dealkylation sites (N-methyl/N-ethyl adjacent to an activating group) is 1. The molecule has 1 fully saturated rings. The zero-order chi connectivity index (χ0) is 22.5. The van der Waals surface area contributed by atoms with Gasteiger partial charge in [0.2, 0.25) is 5.91 Å². The molecule has 1 aromatic rings. The average molecular weight is 429 g/mol. The summed E-state index contributed by atoms with van der Waals surface area (Å²) in [5.74, 6) is -0.269. The Morgan fingerprint density at radius 1 is 1.10 bits per heavy atom. The number of hydrogen-bond donors (Lipinski definition) is 1. The fraction of sp³-hybridized carbons (Fsp3) is 0.522. The summed E-state index contributed by atoms with van der Waals surface area (Å²) >= 11 is 0. The third-order valence-electron chi connectivity index (χ3n) is 5.88. The van der Waals surface area contributed by atoms with Crippen LogP contribution in [0.3, 0.4) is 0 Å². The van der Waals surface area contributed by atoms with Gasteiger partial charge in [0.05, 0.1) is 18.2 Å². The zero-order valence-electron chi connectivity index (χ0n) is 18.8. The first-order valence-corrected chi connectivity index (χ1v) is 10.9. The van der Waals surface area contributed by atoms with E-state index in [2.05, 4.69) is 10.2 Å². The Bertz CT molecular complexity index is 857. The first-order valence-electron chi connectivity index (χ1n) is 10.9. The lowest BCUT2D eigenvalue weighted by atomic mass is 9.93. The van der Waals surface area contributed by atoms with E-state index in [0.717, 1.165) is 11.1 Å². The summed E-state index contributed by atoms with van der Waals surface area (Å²) in [6, 6.07) is 6.96. The van der Waals surface area contributed by atoms with Crippen LogP contribution in [0, 0.1) is 6.92 Å². The number of urea groups is 1. The number of esters is 1. The van der Waals surface area contributed by atoms with Crippen molar-refractivity contribution in [3.05, 3.63) is 46.7 Å². The SMILES string of the molecule is CCOC(=O)C1=C(CN2CCN(C(=O)CC)CC2)N(C)C(=O)NC1c1ccc(C)cc1. The molecule has 0 saturated carbocycles. The van der Waals surface area contributed by atoms with Crippen LogP contribution in [-0.4, -0.2) is 79.0 Å². The van der Waals surface area contributed by atoms with E-state index in [9.17, 15) is 14.4 Å². The number of rotatable bonds is 6. The zero-order valence-corrected chi connectivity index (χ0v) is 18.8. The predicted octanol–water partition coefficient (Wildman–Crippen LogP) is 2.06. The van der Waals surface area contributed by atoms with E-state index in [1.807, 2.05) is 43.0 Å². The van der Waals surface area contributed by atoms with Gasteiger partial charge in [0, 0.05) is 51.9 Å². The van der Waals surface area contributed by atoms with E-state index in [4.69, 9.17) is 4.74 Å². The quantitative estimate of drug-likeness (QED) is 0.702. The second-order valence-electron chi connectivity index (χ2n) is 7.94. The van der Waals surface area contributed by atoms with Crippen LogP contribution in [0.15, 0.2) is 35.5 Å². The number of benzene rings is 1. The first-order chi connectivity index (χ1) is 14.8. The summed E-state index contributed by atoms with van der Waals surface area (Å²) < 4.78 is 5.38. The number of ether oxygens (including phenoxy) is 1. The van der Waals surface area contributed by atoms with Gasteiger partial charge in [0.15, 0.2) is 0 Å². The molecule has 0 bridgehead atoms. The molecule has 8 nitrogen and oxygen atoms in total. The van der Waals surface area contributed by atoms with Crippen molar-refractivity contribution in [2.75, 3.05) is 46.4 Å². The lowest BCUT2D eigenvalue weighted by Gasteiger charge is -2.39. The fourth-order valence-electron chi connectivity index (χ4n) is 4.00. The van der Waals surface area contributed by atoms with E-state index in [0.29, 0.717) is 50.4 Å². The molecule has 2 heterocycles. The highest BCUT2D eigenvalue weighted by molar-refractivity contribution is 5.95. The number of piperazine rings is 1. The number of aryl methyl sites for hydroxylation is 1. The minimum Gasteiger partial charge on any atom is -0.463 e. The molecule has 0 aromatic heterocycles. The fourth-order valence-corrected chi connectivity index (χ4v) is 4.00. The van der Waals surface area contributed by atoms with Crippen LogP contribution in [0.4, 0.5) is 4.79 Å². The average Bonchev–Trinajstić information content (AvgIpc) is 2.77. The molecule has 2 aliphatic rings. The molecular weight excluding hydrogens is 396 g/mol. The molecule has 3 amide bonds. The Morgan fingerprint density at radius 3 is 2.32 bits per heavy atom. The molecule has 1 unspecified atom stereocenters. The van der Waals surface area contributed by atoms with Crippen LogP contribution in [-0.2, 0) is 14.3 Å². The van der Waals surface area contributed by atoms with Crippen LogP contribution >= 0.6 is 0 Å². The Labute approximate surface area is 183 Å². The molecule has 1 saturated heterocycles. The molecule has 0 spiro atoms. The highest BCUT2D eigenvalue weighted by Crippen LogP contribution is 2.31. The smallest absolute Gasteiger partial charge is 0.338 e. The van der Waals surface area contributed by atoms with Crippen molar-refractivity contribution in [2.24, 2.45) is 0 Å². The maximum absolute atomic E-state index is 13.0. The van der Waals surface area contributed by atoms with Gasteiger partial charge in [-0.2, -0.15) is 0 Å². The molecule has 0 aliphatic carbocycles. The van der Waals surface area contributed by atoms with Gasteiger partial charge in [-0.25, -0.2) is 9.59 Å².